The van der Waals surface area contributed by atoms with Crippen molar-refractivity contribution in [1.82, 2.24) is 4.90 Å². The van der Waals surface area contributed by atoms with Gasteiger partial charge in [0, 0.05) is 13.6 Å². The van der Waals surface area contributed by atoms with Gasteiger partial charge in [-0.1, -0.05) is 6.08 Å². The maximum atomic E-state index is 9.70. The molecule has 1 saturated carbocycles. The van der Waals surface area contributed by atoms with E-state index in [1.807, 2.05) is 19.3 Å². The third kappa shape index (κ3) is 1.18. The number of hydrogen-bond acceptors (Lipinski definition) is 2. The molecule has 2 nitrogen and oxygen atoms in total. The van der Waals surface area contributed by atoms with Gasteiger partial charge in [0.1, 0.15) is 0 Å². The van der Waals surface area contributed by atoms with Crippen molar-refractivity contribution in [3.63, 3.8) is 0 Å². The lowest BCUT2D eigenvalue weighted by molar-refractivity contribution is 0.191. The number of likely N-dealkylation sites (N-methyl/N-ethyl adjacent to an activating group) is 1. The molecule has 1 fully saturated rings. The predicted octanol–water partition coefficient (Wildman–Crippen LogP) is 0.897. The molecule has 0 amide bonds. The summed E-state index contributed by atoms with van der Waals surface area (Å²) in [4.78, 5) is 2.09. The average Bonchev–Trinajstić information content (AvgIpc) is 2.70. The summed E-state index contributed by atoms with van der Waals surface area (Å²) < 4.78 is 0. The highest BCUT2D eigenvalue weighted by atomic mass is 16.3. The number of hydrogen-bond donors (Lipinski definition) is 1. The lowest BCUT2D eigenvalue weighted by Gasteiger charge is -2.19. The number of rotatable bonds is 1. The van der Waals surface area contributed by atoms with E-state index in [1.54, 1.807) is 0 Å². The molecule has 2 aliphatic rings. The van der Waals surface area contributed by atoms with Gasteiger partial charge in [-0.3, -0.25) is 0 Å². The van der Waals surface area contributed by atoms with E-state index in [1.165, 1.54) is 0 Å². The third-order valence-corrected chi connectivity index (χ3v) is 2.37. The topological polar surface area (TPSA) is 23.5 Å². The summed E-state index contributed by atoms with van der Waals surface area (Å²) >= 11 is 0. The van der Waals surface area contributed by atoms with Gasteiger partial charge in [-0.2, -0.15) is 0 Å². The highest BCUT2D eigenvalue weighted by molar-refractivity contribution is 5.36. The minimum atomic E-state index is -0.447. The van der Waals surface area contributed by atoms with Gasteiger partial charge in [0.05, 0.1) is 5.60 Å². The van der Waals surface area contributed by atoms with Crippen LogP contribution in [0.4, 0.5) is 0 Å². The molecule has 1 N–H and O–H groups in total. The Bertz CT molecular complexity index is 226. The summed E-state index contributed by atoms with van der Waals surface area (Å²) in [6.45, 7) is 0.925. The molecule has 0 aromatic carbocycles. The van der Waals surface area contributed by atoms with Crippen LogP contribution in [0.5, 0.6) is 0 Å². The van der Waals surface area contributed by atoms with E-state index < -0.39 is 5.60 Å². The van der Waals surface area contributed by atoms with Crippen molar-refractivity contribution in [2.75, 3.05) is 13.6 Å². The standard InChI is InChI=1S/C9H13NO/c1-10-6-2-8(3-7-10)9(11)4-5-9/h2-3,6,11H,4-5,7H2,1H3. The second-order valence-electron chi connectivity index (χ2n) is 3.45. The van der Waals surface area contributed by atoms with Crippen LogP contribution >= 0.6 is 0 Å². The largest absolute Gasteiger partial charge is 0.385 e. The second kappa shape index (κ2) is 2.11. The van der Waals surface area contributed by atoms with Gasteiger partial charge in [-0.25, -0.2) is 0 Å². The molecule has 0 aromatic heterocycles. The maximum absolute atomic E-state index is 9.70. The first-order valence-electron chi connectivity index (χ1n) is 4.02. The minimum Gasteiger partial charge on any atom is -0.385 e. The molecule has 0 aromatic rings. The number of aliphatic hydroxyl groups is 1. The highest BCUT2D eigenvalue weighted by Crippen LogP contribution is 2.42. The predicted molar refractivity (Wildman–Crippen MR) is 44.0 cm³/mol. The lowest BCUT2D eigenvalue weighted by Crippen LogP contribution is -2.19. The summed E-state index contributed by atoms with van der Waals surface area (Å²) in [5.41, 5.74) is 0.660. The van der Waals surface area contributed by atoms with Crippen LogP contribution in [0.15, 0.2) is 23.9 Å². The Morgan fingerprint density at radius 2 is 2.27 bits per heavy atom. The fraction of sp³-hybridized carbons (Fsp3) is 0.556. The van der Waals surface area contributed by atoms with Crippen LogP contribution in [-0.4, -0.2) is 29.2 Å². The van der Waals surface area contributed by atoms with Crippen LogP contribution in [-0.2, 0) is 0 Å². The van der Waals surface area contributed by atoms with Gasteiger partial charge in [0.2, 0.25) is 0 Å². The van der Waals surface area contributed by atoms with Crippen LogP contribution in [0.3, 0.4) is 0 Å². The van der Waals surface area contributed by atoms with Crippen LogP contribution in [0.2, 0.25) is 0 Å². The molecule has 2 rings (SSSR count). The first kappa shape index (κ1) is 6.92. The van der Waals surface area contributed by atoms with Crippen LogP contribution in [0, 0.1) is 0 Å². The molecule has 11 heavy (non-hydrogen) atoms. The van der Waals surface area contributed by atoms with Crippen molar-refractivity contribution in [2.24, 2.45) is 0 Å². The summed E-state index contributed by atoms with van der Waals surface area (Å²) in [5.74, 6) is 0. The van der Waals surface area contributed by atoms with Crippen molar-refractivity contribution in [1.29, 1.82) is 0 Å². The van der Waals surface area contributed by atoms with Gasteiger partial charge >= 0.3 is 0 Å². The Morgan fingerprint density at radius 3 is 2.73 bits per heavy atom. The second-order valence-corrected chi connectivity index (χ2v) is 3.45. The first-order chi connectivity index (χ1) is 5.21. The normalized spacial score (nSPS) is 26.7. The monoisotopic (exact) mass is 151 g/mol. The Morgan fingerprint density at radius 1 is 1.55 bits per heavy atom. The van der Waals surface area contributed by atoms with Gasteiger partial charge in [-0.05, 0) is 30.7 Å². The molecule has 60 valence electrons. The van der Waals surface area contributed by atoms with Crippen molar-refractivity contribution < 1.29 is 5.11 Å². The lowest BCUT2D eigenvalue weighted by atomic mass is 10.1. The smallest absolute Gasteiger partial charge is 0.0897 e. The fourth-order valence-electron chi connectivity index (χ4n) is 1.33. The average molecular weight is 151 g/mol. The molecule has 0 spiro atoms. The molecule has 2 heteroatoms. The zero-order valence-electron chi connectivity index (χ0n) is 6.75. The Balaban J connectivity index is 2.12. The van der Waals surface area contributed by atoms with Crippen LogP contribution < -0.4 is 0 Å². The van der Waals surface area contributed by atoms with Gasteiger partial charge < -0.3 is 10.0 Å². The molecule has 1 aliphatic carbocycles. The van der Waals surface area contributed by atoms with Crippen LogP contribution in [0.25, 0.3) is 0 Å². The van der Waals surface area contributed by atoms with Gasteiger partial charge in [0.25, 0.3) is 0 Å². The molecule has 0 atom stereocenters. The van der Waals surface area contributed by atoms with E-state index >= 15 is 0 Å². The zero-order chi connectivity index (χ0) is 7.90. The summed E-state index contributed by atoms with van der Waals surface area (Å²) in [6, 6.07) is 0. The molecule has 0 radical (unpaired) electrons. The Kier molecular flexibility index (Phi) is 1.33. The third-order valence-electron chi connectivity index (χ3n) is 2.37. The van der Waals surface area contributed by atoms with E-state index in [2.05, 4.69) is 11.0 Å². The van der Waals surface area contributed by atoms with Crippen molar-refractivity contribution in [3.8, 4) is 0 Å². The summed E-state index contributed by atoms with van der Waals surface area (Å²) in [7, 11) is 2.03. The van der Waals surface area contributed by atoms with E-state index in [-0.39, 0.29) is 0 Å². The number of nitrogens with zero attached hydrogens (tertiary/aromatic N) is 1. The molecule has 0 unspecified atom stereocenters. The molecule has 0 bridgehead atoms. The van der Waals surface area contributed by atoms with Gasteiger partial charge in [0.15, 0.2) is 0 Å². The molecular weight excluding hydrogens is 138 g/mol. The van der Waals surface area contributed by atoms with E-state index in [0.717, 1.165) is 25.0 Å². The highest BCUT2D eigenvalue weighted by Gasteiger charge is 2.43. The fourth-order valence-corrected chi connectivity index (χ4v) is 1.33. The maximum Gasteiger partial charge on any atom is 0.0897 e. The van der Waals surface area contributed by atoms with Crippen molar-refractivity contribution in [3.05, 3.63) is 23.9 Å². The summed E-state index contributed by atoms with van der Waals surface area (Å²) in [6.07, 6.45) is 8.01. The molecule has 1 aliphatic heterocycles. The van der Waals surface area contributed by atoms with E-state index in [4.69, 9.17) is 0 Å². The minimum absolute atomic E-state index is 0.447. The first-order valence-corrected chi connectivity index (χ1v) is 4.02. The molecular formula is C9H13NO. The van der Waals surface area contributed by atoms with Gasteiger partial charge in [-0.15, -0.1) is 0 Å². The van der Waals surface area contributed by atoms with Crippen molar-refractivity contribution >= 4 is 0 Å². The summed E-state index contributed by atoms with van der Waals surface area (Å²) in [5, 5.41) is 9.70. The van der Waals surface area contributed by atoms with E-state index in [9.17, 15) is 5.11 Å². The molecule has 1 heterocycles. The SMILES string of the molecule is CN1C=CC(C2(O)CC2)=CC1. The van der Waals surface area contributed by atoms with Crippen molar-refractivity contribution in [2.45, 2.75) is 18.4 Å². The quantitative estimate of drug-likeness (QED) is 0.601. The zero-order valence-corrected chi connectivity index (χ0v) is 6.75. The van der Waals surface area contributed by atoms with Crippen LogP contribution in [0.1, 0.15) is 12.8 Å². The Hall–Kier alpha value is -0.760. The molecule has 0 saturated heterocycles. The van der Waals surface area contributed by atoms with E-state index in [0.29, 0.717) is 0 Å². The Labute approximate surface area is 66.8 Å².